The first-order chi connectivity index (χ1) is 15.6. The third-order valence-corrected chi connectivity index (χ3v) is 5.25. The molecule has 0 saturated heterocycles. The van der Waals surface area contributed by atoms with E-state index in [1.54, 1.807) is 37.6 Å². The predicted molar refractivity (Wildman–Crippen MR) is 134 cm³/mol. The molecule has 0 saturated carbocycles. The molecule has 1 amide bonds. The molecule has 166 valence electrons. The Bertz CT molecular complexity index is 1050. The summed E-state index contributed by atoms with van der Waals surface area (Å²) in [4.78, 5) is 12.3. The summed E-state index contributed by atoms with van der Waals surface area (Å²) >= 11 is 2.20. The van der Waals surface area contributed by atoms with Gasteiger partial charge in [0, 0.05) is 5.56 Å². The molecule has 3 aromatic carbocycles. The van der Waals surface area contributed by atoms with Crippen LogP contribution in [0.3, 0.4) is 0 Å². The number of hydrogen-bond acceptors (Lipinski definition) is 5. The van der Waals surface area contributed by atoms with Crippen LogP contribution in [0, 0.1) is 3.57 Å². The Morgan fingerprint density at radius 3 is 2.50 bits per heavy atom. The van der Waals surface area contributed by atoms with E-state index in [0.29, 0.717) is 30.3 Å². The number of ether oxygens (including phenoxy) is 3. The number of rotatable bonds is 10. The zero-order chi connectivity index (χ0) is 22.8. The van der Waals surface area contributed by atoms with E-state index >= 15 is 0 Å². The number of hydrogen-bond donors (Lipinski definition) is 1. The lowest BCUT2D eigenvalue weighted by Crippen LogP contribution is -2.17. The van der Waals surface area contributed by atoms with Crippen molar-refractivity contribution < 1.29 is 19.0 Å². The predicted octanol–water partition coefficient (Wildman–Crippen LogP) is 5.43. The van der Waals surface area contributed by atoms with E-state index in [0.717, 1.165) is 26.9 Å². The summed E-state index contributed by atoms with van der Waals surface area (Å²) in [5.41, 5.74) is 4.90. The molecule has 1 N–H and O–H groups in total. The SMILES string of the molecule is CCCOc1ccc(C(=O)N/N=C\c2cc(I)c(OCc3ccccc3)c(OC)c2)cc1. The topological polar surface area (TPSA) is 69.2 Å². The standard InChI is InChI=1S/C25H25IN2O4/c1-3-13-31-21-11-9-20(10-12-21)25(29)28-27-16-19-14-22(26)24(23(15-19)30-2)32-17-18-7-5-4-6-8-18/h4-12,14-16H,3,13,17H2,1-2H3,(H,28,29)/b27-16-. The second-order valence-corrected chi connectivity index (χ2v) is 8.04. The highest BCUT2D eigenvalue weighted by molar-refractivity contribution is 14.1. The van der Waals surface area contributed by atoms with Crippen LogP contribution in [0.2, 0.25) is 0 Å². The maximum atomic E-state index is 12.3. The number of nitrogens with one attached hydrogen (secondary N) is 1. The molecule has 0 unspecified atom stereocenters. The van der Waals surface area contributed by atoms with Gasteiger partial charge in [0.15, 0.2) is 11.5 Å². The van der Waals surface area contributed by atoms with Crippen molar-refractivity contribution in [3.8, 4) is 17.2 Å². The van der Waals surface area contributed by atoms with Crippen molar-refractivity contribution in [2.45, 2.75) is 20.0 Å². The summed E-state index contributed by atoms with van der Waals surface area (Å²) in [7, 11) is 1.59. The number of methoxy groups -OCH3 is 1. The third-order valence-electron chi connectivity index (χ3n) is 4.45. The Morgan fingerprint density at radius 2 is 1.81 bits per heavy atom. The molecule has 0 atom stereocenters. The normalized spacial score (nSPS) is 10.7. The van der Waals surface area contributed by atoms with Gasteiger partial charge in [0.25, 0.3) is 5.91 Å². The Hall–Kier alpha value is -3.07. The highest BCUT2D eigenvalue weighted by atomic mass is 127. The summed E-state index contributed by atoms with van der Waals surface area (Å²) in [6, 6.07) is 20.6. The van der Waals surface area contributed by atoms with E-state index < -0.39 is 0 Å². The molecule has 0 aliphatic heterocycles. The van der Waals surface area contributed by atoms with Gasteiger partial charge in [-0.2, -0.15) is 5.10 Å². The fourth-order valence-corrected chi connectivity index (χ4v) is 3.62. The number of hydrazone groups is 1. The molecule has 7 heteroatoms. The van der Waals surface area contributed by atoms with Crippen molar-refractivity contribution in [2.24, 2.45) is 5.10 Å². The van der Waals surface area contributed by atoms with Gasteiger partial charge in [-0.3, -0.25) is 4.79 Å². The van der Waals surface area contributed by atoms with Crippen molar-refractivity contribution >= 4 is 34.7 Å². The summed E-state index contributed by atoms with van der Waals surface area (Å²) in [5.74, 6) is 1.71. The quantitative estimate of drug-likeness (QED) is 0.210. The molecule has 0 heterocycles. The molecule has 0 aliphatic rings. The summed E-state index contributed by atoms with van der Waals surface area (Å²) in [6.45, 7) is 3.13. The van der Waals surface area contributed by atoms with Crippen molar-refractivity contribution in [1.29, 1.82) is 0 Å². The van der Waals surface area contributed by atoms with Crippen LogP contribution >= 0.6 is 22.6 Å². The summed E-state index contributed by atoms with van der Waals surface area (Å²) in [6.07, 6.45) is 2.50. The zero-order valence-electron chi connectivity index (χ0n) is 18.0. The number of carbonyl (C=O) groups is 1. The van der Waals surface area contributed by atoms with Crippen molar-refractivity contribution in [1.82, 2.24) is 5.43 Å². The van der Waals surface area contributed by atoms with E-state index in [1.165, 1.54) is 0 Å². The summed E-state index contributed by atoms with van der Waals surface area (Å²) in [5, 5.41) is 4.07. The van der Waals surface area contributed by atoms with Gasteiger partial charge in [-0.25, -0.2) is 5.43 Å². The molecule has 0 radical (unpaired) electrons. The molecule has 0 spiro atoms. The largest absolute Gasteiger partial charge is 0.494 e. The first-order valence-electron chi connectivity index (χ1n) is 10.2. The van der Waals surface area contributed by atoms with Crippen LogP contribution < -0.4 is 19.6 Å². The lowest BCUT2D eigenvalue weighted by molar-refractivity contribution is 0.0955. The van der Waals surface area contributed by atoms with E-state index in [4.69, 9.17) is 14.2 Å². The molecular weight excluding hydrogens is 519 g/mol. The van der Waals surface area contributed by atoms with Gasteiger partial charge in [0.05, 0.1) is 23.5 Å². The molecule has 3 aromatic rings. The Morgan fingerprint density at radius 1 is 1.06 bits per heavy atom. The lowest BCUT2D eigenvalue weighted by Gasteiger charge is -2.13. The first-order valence-corrected chi connectivity index (χ1v) is 11.3. The number of nitrogens with zero attached hydrogens (tertiary/aromatic N) is 1. The van der Waals surface area contributed by atoms with Gasteiger partial charge in [-0.1, -0.05) is 37.3 Å². The summed E-state index contributed by atoms with van der Waals surface area (Å²) < 4.78 is 17.9. The maximum absolute atomic E-state index is 12.3. The van der Waals surface area contributed by atoms with Crippen LogP contribution in [-0.4, -0.2) is 25.8 Å². The number of carbonyl (C=O) groups excluding carboxylic acids is 1. The van der Waals surface area contributed by atoms with Crippen LogP contribution in [0.25, 0.3) is 0 Å². The van der Waals surface area contributed by atoms with Crippen LogP contribution in [0.5, 0.6) is 17.2 Å². The molecule has 3 rings (SSSR count). The Balaban J connectivity index is 1.62. The average Bonchev–Trinajstić information content (AvgIpc) is 2.82. The second kappa shape index (κ2) is 12.1. The van der Waals surface area contributed by atoms with E-state index in [9.17, 15) is 4.79 Å². The third kappa shape index (κ3) is 6.71. The number of benzene rings is 3. The van der Waals surface area contributed by atoms with Crippen LogP contribution in [-0.2, 0) is 6.61 Å². The van der Waals surface area contributed by atoms with Gasteiger partial charge >= 0.3 is 0 Å². The van der Waals surface area contributed by atoms with E-state index in [-0.39, 0.29) is 5.91 Å². The Kier molecular flexibility index (Phi) is 8.91. The fourth-order valence-electron chi connectivity index (χ4n) is 2.84. The van der Waals surface area contributed by atoms with Crippen molar-refractivity contribution in [3.63, 3.8) is 0 Å². The van der Waals surface area contributed by atoms with Crippen molar-refractivity contribution in [2.75, 3.05) is 13.7 Å². The van der Waals surface area contributed by atoms with Gasteiger partial charge < -0.3 is 14.2 Å². The molecule has 0 aliphatic carbocycles. The Labute approximate surface area is 201 Å². The molecule has 0 bridgehead atoms. The van der Waals surface area contributed by atoms with Crippen LogP contribution in [0.1, 0.15) is 34.8 Å². The lowest BCUT2D eigenvalue weighted by atomic mass is 10.2. The van der Waals surface area contributed by atoms with E-state index in [1.807, 2.05) is 49.4 Å². The van der Waals surface area contributed by atoms with Gasteiger partial charge in [0.1, 0.15) is 12.4 Å². The number of amides is 1. The smallest absolute Gasteiger partial charge is 0.271 e. The van der Waals surface area contributed by atoms with Crippen molar-refractivity contribution in [3.05, 3.63) is 87.0 Å². The second-order valence-electron chi connectivity index (χ2n) is 6.88. The van der Waals surface area contributed by atoms with Gasteiger partial charge in [-0.15, -0.1) is 0 Å². The zero-order valence-corrected chi connectivity index (χ0v) is 20.2. The molecule has 32 heavy (non-hydrogen) atoms. The highest BCUT2D eigenvalue weighted by Crippen LogP contribution is 2.34. The molecule has 0 aromatic heterocycles. The minimum Gasteiger partial charge on any atom is -0.494 e. The van der Waals surface area contributed by atoms with Gasteiger partial charge in [-0.05, 0) is 76.5 Å². The van der Waals surface area contributed by atoms with Crippen LogP contribution in [0.4, 0.5) is 0 Å². The molecule has 6 nitrogen and oxygen atoms in total. The highest BCUT2D eigenvalue weighted by Gasteiger charge is 2.12. The molecular formula is C25H25IN2O4. The van der Waals surface area contributed by atoms with Crippen LogP contribution in [0.15, 0.2) is 71.8 Å². The first kappa shape index (κ1) is 23.6. The maximum Gasteiger partial charge on any atom is 0.271 e. The average molecular weight is 544 g/mol. The van der Waals surface area contributed by atoms with E-state index in [2.05, 4.69) is 33.1 Å². The minimum atomic E-state index is -0.298. The minimum absolute atomic E-state index is 0.298. The van der Waals surface area contributed by atoms with Gasteiger partial charge in [0.2, 0.25) is 0 Å². The monoisotopic (exact) mass is 544 g/mol. The molecule has 0 fully saturated rings. The number of halogens is 1. The fraction of sp³-hybridized carbons (Fsp3) is 0.200.